The smallest absolute Gasteiger partial charge is 0.00697 e. The molecule has 1 aliphatic heterocycles. The number of nitrogens with one attached hydrogen (secondary N) is 1. The minimum atomic E-state index is 0.374. The fraction of sp³-hybridized carbons (Fsp3) is 1.00. The molecule has 1 heterocycles. The van der Waals surface area contributed by atoms with E-state index in [1.807, 2.05) is 0 Å². The lowest BCUT2D eigenvalue weighted by Gasteiger charge is -2.41. The molecule has 0 aliphatic carbocycles. The molecule has 2 nitrogen and oxygen atoms in total. The van der Waals surface area contributed by atoms with Crippen molar-refractivity contribution in [2.75, 3.05) is 19.6 Å². The van der Waals surface area contributed by atoms with Gasteiger partial charge in [-0.05, 0) is 37.6 Å². The highest BCUT2D eigenvalue weighted by Crippen LogP contribution is 2.26. The zero-order valence-electron chi connectivity index (χ0n) is 12.7. The van der Waals surface area contributed by atoms with Crippen molar-refractivity contribution >= 4 is 0 Å². The topological polar surface area (TPSA) is 15.3 Å². The minimum Gasteiger partial charge on any atom is -0.314 e. The second kappa shape index (κ2) is 6.19. The Hall–Kier alpha value is -0.0800. The summed E-state index contributed by atoms with van der Waals surface area (Å²) in [6, 6.07) is 1.35. The Morgan fingerprint density at radius 1 is 1.29 bits per heavy atom. The van der Waals surface area contributed by atoms with Crippen LogP contribution in [0.3, 0.4) is 0 Å². The van der Waals surface area contributed by atoms with Crippen LogP contribution in [0.15, 0.2) is 0 Å². The third-order valence-corrected chi connectivity index (χ3v) is 3.90. The molecule has 0 bridgehead atoms. The number of hydrogen-bond donors (Lipinski definition) is 1. The van der Waals surface area contributed by atoms with Gasteiger partial charge >= 0.3 is 0 Å². The lowest BCUT2D eigenvalue weighted by molar-refractivity contribution is 0.0832. The van der Waals surface area contributed by atoms with E-state index in [2.05, 4.69) is 51.8 Å². The van der Waals surface area contributed by atoms with E-state index in [9.17, 15) is 0 Å². The van der Waals surface area contributed by atoms with Gasteiger partial charge in [-0.2, -0.15) is 0 Å². The van der Waals surface area contributed by atoms with Crippen LogP contribution in [0.4, 0.5) is 0 Å². The van der Waals surface area contributed by atoms with E-state index in [0.29, 0.717) is 11.5 Å². The van der Waals surface area contributed by atoms with Gasteiger partial charge in [-0.1, -0.05) is 34.6 Å². The predicted octanol–water partition coefficient (Wildman–Crippen LogP) is 3.13. The Kier molecular flexibility index (Phi) is 5.46. The number of likely N-dealkylation sites (tertiary alicyclic amines) is 1. The van der Waals surface area contributed by atoms with Crippen molar-refractivity contribution in [1.82, 2.24) is 10.2 Å². The van der Waals surface area contributed by atoms with Crippen LogP contribution in [-0.4, -0.2) is 36.6 Å². The number of piperidine rings is 1. The van der Waals surface area contributed by atoms with Crippen molar-refractivity contribution in [1.29, 1.82) is 0 Å². The van der Waals surface area contributed by atoms with Gasteiger partial charge in [-0.15, -0.1) is 0 Å². The lowest BCUT2D eigenvalue weighted by atomic mass is 9.88. The van der Waals surface area contributed by atoms with Crippen LogP contribution in [-0.2, 0) is 0 Å². The molecule has 0 aromatic carbocycles. The van der Waals surface area contributed by atoms with Gasteiger partial charge < -0.3 is 10.2 Å². The molecule has 2 atom stereocenters. The van der Waals surface area contributed by atoms with Gasteiger partial charge in [0.1, 0.15) is 0 Å². The van der Waals surface area contributed by atoms with Crippen molar-refractivity contribution in [2.45, 2.75) is 66.5 Å². The first-order chi connectivity index (χ1) is 7.80. The fourth-order valence-corrected chi connectivity index (χ4v) is 2.78. The molecule has 0 radical (unpaired) electrons. The lowest BCUT2D eigenvalue weighted by Crippen LogP contribution is -2.48. The van der Waals surface area contributed by atoms with E-state index in [1.54, 1.807) is 0 Å². The van der Waals surface area contributed by atoms with Gasteiger partial charge in [0.15, 0.2) is 0 Å². The average Bonchev–Trinajstić information content (AvgIpc) is 2.20. The Morgan fingerprint density at radius 3 is 2.47 bits per heavy atom. The molecule has 2 unspecified atom stereocenters. The molecule has 0 amide bonds. The zero-order valence-corrected chi connectivity index (χ0v) is 12.7. The van der Waals surface area contributed by atoms with Gasteiger partial charge in [-0.3, -0.25) is 0 Å². The molecule has 1 N–H and O–H groups in total. The van der Waals surface area contributed by atoms with Crippen LogP contribution >= 0.6 is 0 Å². The van der Waals surface area contributed by atoms with Gasteiger partial charge in [0.05, 0.1) is 0 Å². The minimum absolute atomic E-state index is 0.374. The van der Waals surface area contributed by atoms with Crippen LogP contribution in [0, 0.1) is 11.3 Å². The van der Waals surface area contributed by atoms with E-state index in [-0.39, 0.29) is 0 Å². The Morgan fingerprint density at radius 2 is 1.94 bits per heavy atom. The Balaban J connectivity index is 2.40. The van der Waals surface area contributed by atoms with Crippen molar-refractivity contribution < 1.29 is 0 Å². The Labute approximate surface area is 108 Å². The first-order valence-electron chi connectivity index (χ1n) is 7.27. The summed E-state index contributed by atoms with van der Waals surface area (Å²) >= 11 is 0. The zero-order chi connectivity index (χ0) is 13.1. The number of rotatable bonds is 5. The van der Waals surface area contributed by atoms with Crippen molar-refractivity contribution in [2.24, 2.45) is 11.3 Å². The normalized spacial score (nSPS) is 27.7. The summed E-state index contributed by atoms with van der Waals surface area (Å²) < 4.78 is 0. The highest BCUT2D eigenvalue weighted by atomic mass is 15.2. The molecule has 1 fully saturated rings. The molecule has 0 aromatic rings. The fourth-order valence-electron chi connectivity index (χ4n) is 2.78. The van der Waals surface area contributed by atoms with E-state index in [1.165, 1.54) is 25.9 Å². The van der Waals surface area contributed by atoms with E-state index < -0.39 is 0 Å². The standard InChI is InChI=1S/C15H32N2/c1-12(2)16-10-15(5,6)11-17-8-7-13(3)9-14(17)4/h12-14,16H,7-11H2,1-6H3. The largest absolute Gasteiger partial charge is 0.314 e. The second-order valence-electron chi connectivity index (χ2n) is 7.15. The monoisotopic (exact) mass is 240 g/mol. The van der Waals surface area contributed by atoms with Crippen LogP contribution in [0.2, 0.25) is 0 Å². The highest BCUT2D eigenvalue weighted by molar-refractivity contribution is 4.83. The van der Waals surface area contributed by atoms with E-state index in [0.717, 1.165) is 18.5 Å². The molecule has 0 aromatic heterocycles. The average molecular weight is 240 g/mol. The molecular formula is C15H32N2. The maximum atomic E-state index is 3.57. The third kappa shape index (κ3) is 5.39. The van der Waals surface area contributed by atoms with E-state index in [4.69, 9.17) is 0 Å². The Bertz CT molecular complexity index is 223. The summed E-state index contributed by atoms with van der Waals surface area (Å²) in [5.41, 5.74) is 0.374. The SMILES string of the molecule is CC1CCN(CC(C)(C)CNC(C)C)C(C)C1. The number of nitrogens with zero attached hydrogens (tertiary/aromatic N) is 1. The molecule has 0 saturated carbocycles. The van der Waals surface area contributed by atoms with Gasteiger partial charge in [0.2, 0.25) is 0 Å². The summed E-state index contributed by atoms with van der Waals surface area (Å²) in [7, 11) is 0. The molecule has 102 valence electrons. The van der Waals surface area contributed by atoms with Crippen LogP contribution in [0.5, 0.6) is 0 Å². The highest BCUT2D eigenvalue weighted by Gasteiger charge is 2.28. The van der Waals surface area contributed by atoms with Crippen LogP contribution < -0.4 is 5.32 Å². The molecule has 1 saturated heterocycles. The molecule has 1 aliphatic rings. The van der Waals surface area contributed by atoms with Crippen molar-refractivity contribution in [3.8, 4) is 0 Å². The third-order valence-electron chi connectivity index (χ3n) is 3.90. The number of hydrogen-bond acceptors (Lipinski definition) is 2. The molecular weight excluding hydrogens is 208 g/mol. The second-order valence-corrected chi connectivity index (χ2v) is 7.15. The van der Waals surface area contributed by atoms with Crippen LogP contribution in [0.25, 0.3) is 0 Å². The molecule has 0 spiro atoms. The van der Waals surface area contributed by atoms with Crippen molar-refractivity contribution in [3.05, 3.63) is 0 Å². The van der Waals surface area contributed by atoms with Gasteiger partial charge in [0.25, 0.3) is 0 Å². The predicted molar refractivity (Wildman–Crippen MR) is 76.4 cm³/mol. The maximum Gasteiger partial charge on any atom is 0.00697 e. The summed E-state index contributed by atoms with van der Waals surface area (Å²) in [5.74, 6) is 0.915. The van der Waals surface area contributed by atoms with Crippen LogP contribution in [0.1, 0.15) is 54.4 Å². The molecule has 17 heavy (non-hydrogen) atoms. The van der Waals surface area contributed by atoms with Crippen molar-refractivity contribution in [3.63, 3.8) is 0 Å². The molecule has 2 heteroatoms. The quantitative estimate of drug-likeness (QED) is 0.794. The molecule has 1 rings (SSSR count). The van der Waals surface area contributed by atoms with Gasteiger partial charge in [-0.25, -0.2) is 0 Å². The summed E-state index contributed by atoms with van der Waals surface area (Å²) in [4.78, 5) is 2.68. The summed E-state index contributed by atoms with van der Waals surface area (Å²) in [6.07, 6.45) is 2.74. The first-order valence-corrected chi connectivity index (χ1v) is 7.27. The maximum absolute atomic E-state index is 3.57. The van der Waals surface area contributed by atoms with E-state index >= 15 is 0 Å². The summed E-state index contributed by atoms with van der Waals surface area (Å²) in [5, 5.41) is 3.57. The summed E-state index contributed by atoms with van der Waals surface area (Å²) in [6.45, 7) is 17.6. The first kappa shape index (κ1) is 15.0. The van der Waals surface area contributed by atoms with Gasteiger partial charge in [0, 0.05) is 25.2 Å².